The Hall–Kier alpha value is -3.05. The molecular formula is C17H16F2N4O4S. The molecule has 8 nitrogen and oxygen atoms in total. The highest BCUT2D eigenvalue weighted by atomic mass is 32.2. The molecule has 2 N–H and O–H groups in total. The van der Waals surface area contributed by atoms with Crippen molar-refractivity contribution in [1.29, 1.82) is 0 Å². The van der Waals surface area contributed by atoms with Crippen LogP contribution in [0.5, 0.6) is 5.75 Å². The van der Waals surface area contributed by atoms with Gasteiger partial charge >= 0.3 is 10.2 Å². The minimum atomic E-state index is -4.05. The predicted octanol–water partition coefficient (Wildman–Crippen LogP) is 2.30. The van der Waals surface area contributed by atoms with Gasteiger partial charge in [0.05, 0.1) is 29.3 Å². The lowest BCUT2D eigenvalue weighted by atomic mass is 10.0. The SMILES string of the molecule is COc1ccnc2[nH]cc(C(=O)c3c(F)ccc(NS(=O)(=O)N(C)C)c3F)c12. The summed E-state index contributed by atoms with van der Waals surface area (Å²) in [6, 6.07) is 3.22. The highest BCUT2D eigenvalue weighted by molar-refractivity contribution is 7.90. The Morgan fingerprint density at radius 2 is 1.96 bits per heavy atom. The summed E-state index contributed by atoms with van der Waals surface area (Å²) in [6.45, 7) is 0. The number of halogens is 2. The predicted molar refractivity (Wildman–Crippen MR) is 98.7 cm³/mol. The molecule has 0 amide bonds. The number of carbonyl (C=O) groups is 1. The van der Waals surface area contributed by atoms with E-state index in [4.69, 9.17) is 4.74 Å². The Labute approximate surface area is 159 Å². The number of aromatic nitrogens is 2. The number of pyridine rings is 1. The zero-order valence-corrected chi connectivity index (χ0v) is 15.9. The fourth-order valence-electron chi connectivity index (χ4n) is 2.58. The molecule has 3 rings (SSSR count). The average molecular weight is 410 g/mol. The second-order valence-corrected chi connectivity index (χ2v) is 7.83. The molecule has 0 unspecified atom stereocenters. The van der Waals surface area contributed by atoms with Crippen molar-refractivity contribution in [3.63, 3.8) is 0 Å². The van der Waals surface area contributed by atoms with E-state index >= 15 is 0 Å². The summed E-state index contributed by atoms with van der Waals surface area (Å²) < 4.78 is 61.1. The van der Waals surface area contributed by atoms with Crippen molar-refractivity contribution in [2.75, 3.05) is 25.9 Å². The van der Waals surface area contributed by atoms with E-state index in [0.717, 1.165) is 16.4 Å². The molecule has 148 valence electrons. The first-order chi connectivity index (χ1) is 13.2. The van der Waals surface area contributed by atoms with E-state index in [1.54, 1.807) is 0 Å². The number of ketones is 1. The number of nitrogens with one attached hydrogen (secondary N) is 2. The first-order valence-electron chi connectivity index (χ1n) is 7.90. The third-order valence-electron chi connectivity index (χ3n) is 4.04. The summed E-state index contributed by atoms with van der Waals surface area (Å²) in [5, 5.41) is 0.257. The van der Waals surface area contributed by atoms with Crippen LogP contribution in [0.3, 0.4) is 0 Å². The van der Waals surface area contributed by atoms with Gasteiger partial charge in [0.1, 0.15) is 17.2 Å². The number of rotatable bonds is 6. The quantitative estimate of drug-likeness (QED) is 0.607. The molecule has 0 aliphatic carbocycles. The molecule has 0 aliphatic heterocycles. The van der Waals surface area contributed by atoms with Crippen molar-refractivity contribution in [3.8, 4) is 5.75 Å². The minimum Gasteiger partial charge on any atom is -0.496 e. The van der Waals surface area contributed by atoms with Crippen LogP contribution < -0.4 is 9.46 Å². The summed E-state index contributed by atoms with van der Waals surface area (Å²) in [6.07, 6.45) is 2.71. The lowest BCUT2D eigenvalue weighted by Gasteiger charge is -2.15. The van der Waals surface area contributed by atoms with Crippen molar-refractivity contribution in [3.05, 3.63) is 53.4 Å². The number of methoxy groups -OCH3 is 1. The second kappa shape index (κ2) is 7.17. The number of H-pyrrole nitrogens is 1. The number of benzene rings is 1. The molecule has 0 saturated carbocycles. The number of hydrogen-bond acceptors (Lipinski definition) is 5. The second-order valence-electron chi connectivity index (χ2n) is 5.94. The van der Waals surface area contributed by atoms with Crippen LogP contribution in [-0.2, 0) is 10.2 Å². The van der Waals surface area contributed by atoms with Gasteiger partial charge in [0.15, 0.2) is 5.82 Å². The van der Waals surface area contributed by atoms with Crippen LogP contribution in [0.1, 0.15) is 15.9 Å². The van der Waals surface area contributed by atoms with Crippen LogP contribution in [0.15, 0.2) is 30.6 Å². The third-order valence-corrected chi connectivity index (χ3v) is 5.48. The van der Waals surface area contributed by atoms with Gasteiger partial charge in [-0.3, -0.25) is 9.52 Å². The Morgan fingerprint density at radius 1 is 1.25 bits per heavy atom. The van der Waals surface area contributed by atoms with Crippen LogP contribution in [0.4, 0.5) is 14.5 Å². The Bertz CT molecular complexity index is 1180. The van der Waals surface area contributed by atoms with Crippen LogP contribution in [0.25, 0.3) is 11.0 Å². The fourth-order valence-corrected chi connectivity index (χ4v) is 3.20. The van der Waals surface area contributed by atoms with E-state index in [9.17, 15) is 22.0 Å². The molecule has 0 saturated heterocycles. The summed E-state index contributed by atoms with van der Waals surface area (Å²) in [4.78, 5) is 19.7. The van der Waals surface area contributed by atoms with E-state index in [2.05, 4.69) is 9.97 Å². The summed E-state index contributed by atoms with van der Waals surface area (Å²) in [5.74, 6) is -3.15. The number of anilines is 1. The Kier molecular flexibility index (Phi) is 5.04. The molecule has 3 aromatic rings. The third kappa shape index (κ3) is 3.29. The van der Waals surface area contributed by atoms with Gasteiger partial charge in [-0.05, 0) is 18.2 Å². The van der Waals surface area contributed by atoms with Crippen molar-refractivity contribution < 1.29 is 26.7 Å². The summed E-state index contributed by atoms with van der Waals surface area (Å²) in [5.41, 5.74) is -1.22. The molecule has 0 radical (unpaired) electrons. The molecule has 0 fully saturated rings. The van der Waals surface area contributed by atoms with Gasteiger partial charge in [0.2, 0.25) is 5.78 Å². The average Bonchev–Trinajstić information content (AvgIpc) is 3.08. The monoisotopic (exact) mass is 410 g/mol. The first-order valence-corrected chi connectivity index (χ1v) is 9.34. The van der Waals surface area contributed by atoms with Crippen LogP contribution in [0, 0.1) is 11.6 Å². The zero-order chi connectivity index (χ0) is 20.6. The molecule has 0 spiro atoms. The molecule has 0 bridgehead atoms. The summed E-state index contributed by atoms with van der Waals surface area (Å²) >= 11 is 0. The number of hydrogen-bond donors (Lipinski definition) is 2. The smallest absolute Gasteiger partial charge is 0.301 e. The van der Waals surface area contributed by atoms with Crippen LogP contribution >= 0.6 is 0 Å². The molecular weight excluding hydrogens is 394 g/mol. The van der Waals surface area contributed by atoms with Gasteiger partial charge in [-0.1, -0.05) is 0 Å². The maximum absolute atomic E-state index is 14.9. The maximum atomic E-state index is 14.9. The lowest BCUT2D eigenvalue weighted by molar-refractivity contribution is 0.103. The van der Waals surface area contributed by atoms with E-state index in [0.29, 0.717) is 11.4 Å². The van der Waals surface area contributed by atoms with Gasteiger partial charge in [-0.15, -0.1) is 0 Å². The minimum absolute atomic E-state index is 0.0645. The molecule has 2 aromatic heterocycles. The Balaban J connectivity index is 2.14. The number of fused-ring (bicyclic) bond motifs is 1. The topological polar surface area (TPSA) is 104 Å². The number of ether oxygens (including phenoxy) is 1. The van der Waals surface area contributed by atoms with Crippen molar-refractivity contribution in [1.82, 2.24) is 14.3 Å². The van der Waals surface area contributed by atoms with E-state index < -0.39 is 38.9 Å². The largest absolute Gasteiger partial charge is 0.496 e. The Morgan fingerprint density at radius 3 is 2.61 bits per heavy atom. The maximum Gasteiger partial charge on any atom is 0.301 e. The normalized spacial score (nSPS) is 11.8. The highest BCUT2D eigenvalue weighted by Crippen LogP contribution is 2.31. The van der Waals surface area contributed by atoms with Gasteiger partial charge < -0.3 is 9.72 Å². The van der Waals surface area contributed by atoms with Crippen molar-refractivity contribution in [2.24, 2.45) is 0 Å². The lowest BCUT2D eigenvalue weighted by Crippen LogP contribution is -2.29. The van der Waals surface area contributed by atoms with E-state index in [1.807, 2.05) is 4.72 Å². The van der Waals surface area contributed by atoms with Gasteiger partial charge in [-0.2, -0.15) is 12.7 Å². The van der Waals surface area contributed by atoms with Gasteiger partial charge in [-0.25, -0.2) is 13.8 Å². The first kappa shape index (κ1) is 19.7. The number of carbonyl (C=O) groups excluding carboxylic acids is 1. The van der Waals surface area contributed by atoms with Crippen molar-refractivity contribution in [2.45, 2.75) is 0 Å². The fraction of sp³-hybridized carbons (Fsp3) is 0.176. The zero-order valence-electron chi connectivity index (χ0n) is 15.1. The standard InChI is InChI=1S/C17H16F2N4O4S/c1-23(2)28(25,26)22-11-5-4-10(18)14(15(11)19)16(24)9-8-21-17-13(9)12(27-3)6-7-20-17/h4-8,22H,1-3H3,(H,20,21). The molecule has 2 heterocycles. The molecule has 1 aromatic carbocycles. The van der Waals surface area contributed by atoms with Gasteiger partial charge in [0, 0.05) is 26.5 Å². The summed E-state index contributed by atoms with van der Waals surface area (Å²) in [7, 11) is -0.198. The molecule has 28 heavy (non-hydrogen) atoms. The molecule has 0 aliphatic rings. The van der Waals surface area contributed by atoms with E-state index in [1.165, 1.54) is 39.7 Å². The molecule has 11 heteroatoms. The van der Waals surface area contributed by atoms with Crippen LogP contribution in [0.2, 0.25) is 0 Å². The molecule has 0 atom stereocenters. The number of nitrogens with zero attached hydrogens (tertiary/aromatic N) is 2. The highest BCUT2D eigenvalue weighted by Gasteiger charge is 2.27. The van der Waals surface area contributed by atoms with Gasteiger partial charge in [0.25, 0.3) is 0 Å². The number of aromatic amines is 1. The van der Waals surface area contributed by atoms with E-state index in [-0.39, 0.29) is 10.9 Å². The van der Waals surface area contributed by atoms with Crippen LogP contribution in [-0.4, -0.2) is 49.7 Å². The van der Waals surface area contributed by atoms with Crippen molar-refractivity contribution >= 4 is 32.7 Å².